The van der Waals surface area contributed by atoms with E-state index >= 15 is 0 Å². The molecule has 0 spiro atoms. The maximum atomic E-state index is 6.27. The third-order valence-electron chi connectivity index (χ3n) is 4.03. The Morgan fingerprint density at radius 2 is 2.25 bits per heavy atom. The lowest BCUT2D eigenvalue weighted by atomic mass is 9.94. The fraction of sp³-hybridized carbons (Fsp3) is 0.267. The van der Waals surface area contributed by atoms with Crippen LogP contribution in [0.25, 0.3) is 11.0 Å². The molecule has 0 fully saturated rings. The van der Waals surface area contributed by atoms with Crippen LogP contribution in [0.2, 0.25) is 5.02 Å². The molecule has 3 aromatic rings. The van der Waals surface area contributed by atoms with Gasteiger partial charge < -0.3 is 9.55 Å². The molecule has 1 atom stereocenters. The smallest absolute Gasteiger partial charge is 0.178 e. The van der Waals surface area contributed by atoms with Gasteiger partial charge in [-0.15, -0.1) is 11.3 Å². The van der Waals surface area contributed by atoms with Crippen molar-refractivity contribution in [1.82, 2.24) is 9.55 Å². The number of imidazole rings is 1. The number of nitrogens with zero attached hydrogens (tertiary/aromatic N) is 1. The molecule has 1 aromatic carbocycles. The maximum absolute atomic E-state index is 6.27. The number of hydrogen-bond donors (Lipinski definition) is 1. The molecule has 1 aliphatic carbocycles. The van der Waals surface area contributed by atoms with Crippen molar-refractivity contribution in [2.45, 2.75) is 25.3 Å². The first-order chi connectivity index (χ1) is 9.75. The normalized spacial score (nSPS) is 18.4. The van der Waals surface area contributed by atoms with Gasteiger partial charge in [-0.25, -0.2) is 0 Å². The van der Waals surface area contributed by atoms with E-state index in [1.165, 1.54) is 23.3 Å². The molecule has 0 radical (unpaired) electrons. The van der Waals surface area contributed by atoms with E-state index in [1.54, 1.807) is 0 Å². The molecule has 0 amide bonds. The van der Waals surface area contributed by atoms with Crippen molar-refractivity contribution in [3.63, 3.8) is 0 Å². The Bertz CT molecular complexity index is 843. The zero-order chi connectivity index (χ0) is 13.7. The Balaban J connectivity index is 1.99. The molecule has 0 saturated carbocycles. The summed E-state index contributed by atoms with van der Waals surface area (Å²) in [6, 6.07) is 8.56. The molecule has 20 heavy (non-hydrogen) atoms. The number of H-pyrrole nitrogens is 1. The number of halogens is 1. The van der Waals surface area contributed by atoms with Crippen LogP contribution in [-0.2, 0) is 6.42 Å². The van der Waals surface area contributed by atoms with Crippen LogP contribution in [0.3, 0.4) is 0 Å². The molecular weight excluding hydrogens is 308 g/mol. The number of aromatic amines is 1. The lowest BCUT2D eigenvalue weighted by Gasteiger charge is -2.24. The summed E-state index contributed by atoms with van der Waals surface area (Å²) in [6.07, 6.45) is 3.55. The van der Waals surface area contributed by atoms with E-state index < -0.39 is 0 Å². The summed E-state index contributed by atoms with van der Waals surface area (Å²) in [7, 11) is 0. The van der Waals surface area contributed by atoms with Crippen molar-refractivity contribution in [1.29, 1.82) is 0 Å². The van der Waals surface area contributed by atoms with Crippen molar-refractivity contribution in [2.75, 3.05) is 0 Å². The van der Waals surface area contributed by atoms with Gasteiger partial charge in [0, 0.05) is 4.88 Å². The standard InChI is InChI=1S/C15H13ClN2S2/c16-10-3-1-5-12-14(10)17-15(19)18(12)11-4-2-6-13-9(11)7-8-20-13/h1,3,5,7-8,11H,2,4,6H2,(H,17,19). The number of para-hydroxylation sites is 1. The van der Waals surface area contributed by atoms with Crippen molar-refractivity contribution < 1.29 is 0 Å². The van der Waals surface area contributed by atoms with Crippen LogP contribution < -0.4 is 0 Å². The molecule has 1 N–H and O–H groups in total. The maximum Gasteiger partial charge on any atom is 0.178 e. The third-order valence-corrected chi connectivity index (χ3v) is 5.64. The van der Waals surface area contributed by atoms with Gasteiger partial charge in [0.15, 0.2) is 4.77 Å². The molecule has 0 bridgehead atoms. The van der Waals surface area contributed by atoms with E-state index in [2.05, 4.69) is 27.1 Å². The minimum absolute atomic E-state index is 0.338. The Morgan fingerprint density at radius 3 is 3.15 bits per heavy atom. The Morgan fingerprint density at radius 1 is 1.35 bits per heavy atom. The SMILES string of the molecule is S=c1[nH]c2c(Cl)cccc2n1C1CCCc2sccc21. The predicted molar refractivity (Wildman–Crippen MR) is 87.5 cm³/mol. The summed E-state index contributed by atoms with van der Waals surface area (Å²) in [5.74, 6) is 0. The average Bonchev–Trinajstić information content (AvgIpc) is 3.03. The fourth-order valence-electron chi connectivity index (χ4n) is 3.15. The van der Waals surface area contributed by atoms with Crippen LogP contribution >= 0.6 is 35.2 Å². The monoisotopic (exact) mass is 320 g/mol. The zero-order valence-electron chi connectivity index (χ0n) is 10.7. The van der Waals surface area contributed by atoms with Gasteiger partial charge in [-0.05, 0) is 60.6 Å². The quantitative estimate of drug-likeness (QED) is 0.600. The number of thiophene rings is 1. The molecule has 0 aliphatic heterocycles. The number of nitrogens with one attached hydrogen (secondary N) is 1. The Labute approximate surface area is 131 Å². The highest BCUT2D eigenvalue weighted by atomic mass is 35.5. The lowest BCUT2D eigenvalue weighted by molar-refractivity contribution is 0.500. The predicted octanol–water partition coefficient (Wildman–Crippen LogP) is 5.34. The lowest BCUT2D eigenvalue weighted by Crippen LogP contribution is -2.15. The van der Waals surface area contributed by atoms with Crippen LogP contribution in [0.15, 0.2) is 29.6 Å². The summed E-state index contributed by atoms with van der Waals surface area (Å²) in [6.45, 7) is 0. The number of benzene rings is 1. The van der Waals surface area contributed by atoms with E-state index in [-0.39, 0.29) is 0 Å². The highest BCUT2D eigenvalue weighted by Gasteiger charge is 2.24. The average molecular weight is 321 g/mol. The fourth-order valence-corrected chi connectivity index (χ4v) is 4.68. The zero-order valence-corrected chi connectivity index (χ0v) is 13.1. The molecule has 1 unspecified atom stereocenters. The largest absolute Gasteiger partial charge is 0.329 e. The first-order valence-electron chi connectivity index (χ1n) is 6.70. The number of fused-ring (bicyclic) bond motifs is 2. The van der Waals surface area contributed by atoms with Crippen LogP contribution in [0, 0.1) is 4.77 Å². The summed E-state index contributed by atoms with van der Waals surface area (Å²) in [5.41, 5.74) is 3.48. The van der Waals surface area contributed by atoms with Gasteiger partial charge in [-0.3, -0.25) is 0 Å². The van der Waals surface area contributed by atoms with Crippen molar-refractivity contribution in [3.05, 3.63) is 49.9 Å². The second-order valence-electron chi connectivity index (χ2n) is 5.14. The van der Waals surface area contributed by atoms with Gasteiger partial charge in [0.2, 0.25) is 0 Å². The first kappa shape index (κ1) is 12.6. The Hall–Kier alpha value is -1.10. The Kier molecular flexibility index (Phi) is 2.98. The number of aromatic nitrogens is 2. The minimum Gasteiger partial charge on any atom is -0.329 e. The van der Waals surface area contributed by atoms with Gasteiger partial charge in [0.1, 0.15) is 0 Å². The molecule has 2 aromatic heterocycles. The topological polar surface area (TPSA) is 20.7 Å². The summed E-state index contributed by atoms with van der Waals surface area (Å²) >= 11 is 13.7. The first-order valence-corrected chi connectivity index (χ1v) is 8.37. The summed E-state index contributed by atoms with van der Waals surface area (Å²) < 4.78 is 3.00. The molecule has 2 nitrogen and oxygen atoms in total. The van der Waals surface area contributed by atoms with Crippen LogP contribution in [0.4, 0.5) is 0 Å². The molecule has 0 saturated heterocycles. The van der Waals surface area contributed by atoms with E-state index in [0.29, 0.717) is 6.04 Å². The molecular formula is C15H13ClN2S2. The summed E-state index contributed by atoms with van der Waals surface area (Å²) in [5, 5.41) is 2.92. The molecule has 5 heteroatoms. The number of aryl methyl sites for hydroxylation is 1. The molecule has 1 aliphatic rings. The van der Waals surface area contributed by atoms with Gasteiger partial charge in [0.05, 0.1) is 22.1 Å². The highest BCUT2D eigenvalue weighted by Crippen LogP contribution is 2.38. The summed E-state index contributed by atoms with van der Waals surface area (Å²) in [4.78, 5) is 4.76. The van der Waals surface area contributed by atoms with Crippen LogP contribution in [0.1, 0.15) is 29.3 Å². The number of rotatable bonds is 1. The van der Waals surface area contributed by atoms with Crippen LogP contribution in [0.5, 0.6) is 0 Å². The van der Waals surface area contributed by atoms with Gasteiger partial charge in [-0.2, -0.15) is 0 Å². The molecule has 102 valence electrons. The second kappa shape index (κ2) is 4.72. The van der Waals surface area contributed by atoms with Gasteiger partial charge >= 0.3 is 0 Å². The van der Waals surface area contributed by atoms with Gasteiger partial charge in [-0.1, -0.05) is 17.7 Å². The van der Waals surface area contributed by atoms with Gasteiger partial charge in [0.25, 0.3) is 0 Å². The second-order valence-corrected chi connectivity index (χ2v) is 6.94. The van der Waals surface area contributed by atoms with Crippen molar-refractivity contribution in [3.8, 4) is 0 Å². The van der Waals surface area contributed by atoms with Crippen molar-refractivity contribution in [2.24, 2.45) is 0 Å². The van der Waals surface area contributed by atoms with Crippen molar-refractivity contribution >= 4 is 46.2 Å². The number of hydrogen-bond acceptors (Lipinski definition) is 2. The van der Waals surface area contributed by atoms with E-state index in [9.17, 15) is 0 Å². The van der Waals surface area contributed by atoms with Crippen LogP contribution in [-0.4, -0.2) is 9.55 Å². The van der Waals surface area contributed by atoms with E-state index in [0.717, 1.165) is 27.2 Å². The minimum atomic E-state index is 0.338. The van der Waals surface area contributed by atoms with E-state index in [1.807, 2.05) is 23.5 Å². The third kappa shape index (κ3) is 1.79. The highest BCUT2D eigenvalue weighted by molar-refractivity contribution is 7.71. The molecule has 4 rings (SSSR count). The van der Waals surface area contributed by atoms with E-state index in [4.69, 9.17) is 23.8 Å². The molecule has 2 heterocycles.